The minimum absolute atomic E-state index is 0.117. The lowest BCUT2D eigenvalue weighted by Crippen LogP contribution is -2.18. The summed E-state index contributed by atoms with van der Waals surface area (Å²) in [5, 5.41) is 8.68. The summed E-state index contributed by atoms with van der Waals surface area (Å²) in [6.45, 7) is 3.44. The molecule has 21 heavy (non-hydrogen) atoms. The zero-order valence-corrected chi connectivity index (χ0v) is 11.7. The second kappa shape index (κ2) is 5.87. The largest absolute Gasteiger partial charge is 0.481 e. The van der Waals surface area contributed by atoms with Crippen molar-refractivity contribution < 1.29 is 14.3 Å². The zero-order valence-electron chi connectivity index (χ0n) is 11.7. The van der Waals surface area contributed by atoms with E-state index in [0.29, 0.717) is 16.8 Å². The quantitative estimate of drug-likeness (QED) is 0.904. The summed E-state index contributed by atoms with van der Waals surface area (Å²) < 4.78 is 13.3. The van der Waals surface area contributed by atoms with Gasteiger partial charge in [0.05, 0.1) is 0 Å². The lowest BCUT2D eigenvalue weighted by molar-refractivity contribution is -0.136. The first kappa shape index (κ1) is 14.9. The summed E-state index contributed by atoms with van der Waals surface area (Å²) in [7, 11) is 0. The highest BCUT2D eigenvalue weighted by molar-refractivity contribution is 5.67. The number of carbonyl (C=O) groups is 1. The predicted molar refractivity (Wildman–Crippen MR) is 75.7 cm³/mol. The number of aromatic amines is 1. The molecule has 1 heterocycles. The lowest BCUT2D eigenvalue weighted by Gasteiger charge is -2.09. The van der Waals surface area contributed by atoms with Gasteiger partial charge in [0, 0.05) is 23.2 Å². The highest BCUT2D eigenvalue weighted by Crippen LogP contribution is 2.20. The molecule has 0 bridgehead atoms. The van der Waals surface area contributed by atoms with Crippen LogP contribution in [0.15, 0.2) is 23.0 Å². The lowest BCUT2D eigenvalue weighted by atomic mass is 10.1. The molecule has 2 N–H and O–H groups in total. The third kappa shape index (κ3) is 3.34. The monoisotopic (exact) mass is 290 g/mol. The molecule has 0 aliphatic heterocycles. The van der Waals surface area contributed by atoms with E-state index in [2.05, 4.69) is 9.97 Å². The number of nitrogens with zero attached hydrogens (tertiary/aromatic N) is 1. The van der Waals surface area contributed by atoms with Crippen molar-refractivity contribution in [2.24, 2.45) is 0 Å². The fourth-order valence-corrected chi connectivity index (χ4v) is 2.11. The van der Waals surface area contributed by atoms with Crippen LogP contribution in [-0.4, -0.2) is 21.0 Å². The van der Waals surface area contributed by atoms with Crippen molar-refractivity contribution in [3.63, 3.8) is 0 Å². The number of aromatic nitrogens is 2. The van der Waals surface area contributed by atoms with Gasteiger partial charge in [0.15, 0.2) is 0 Å². The van der Waals surface area contributed by atoms with Crippen LogP contribution in [-0.2, 0) is 11.2 Å². The van der Waals surface area contributed by atoms with Gasteiger partial charge in [0.1, 0.15) is 11.6 Å². The Hall–Kier alpha value is -2.50. The summed E-state index contributed by atoms with van der Waals surface area (Å²) in [5.74, 6) is -1.10. The van der Waals surface area contributed by atoms with E-state index in [1.54, 1.807) is 19.9 Å². The third-order valence-corrected chi connectivity index (χ3v) is 3.27. The molecule has 0 unspecified atom stereocenters. The Morgan fingerprint density at radius 1 is 1.38 bits per heavy atom. The molecule has 0 saturated heterocycles. The zero-order chi connectivity index (χ0) is 15.6. The van der Waals surface area contributed by atoms with Gasteiger partial charge in [0.25, 0.3) is 5.56 Å². The predicted octanol–water partition coefficient (Wildman–Crippen LogP) is 2.21. The normalized spacial score (nSPS) is 10.6. The maximum atomic E-state index is 13.3. The minimum atomic E-state index is -0.973. The molecule has 1 aromatic heterocycles. The van der Waals surface area contributed by atoms with Crippen molar-refractivity contribution in [3.05, 3.63) is 51.2 Å². The van der Waals surface area contributed by atoms with Crippen LogP contribution in [0.4, 0.5) is 4.39 Å². The van der Waals surface area contributed by atoms with Crippen LogP contribution in [0.1, 0.15) is 23.2 Å². The van der Waals surface area contributed by atoms with Gasteiger partial charge in [-0.2, -0.15) is 0 Å². The summed E-state index contributed by atoms with van der Waals surface area (Å²) in [6, 6.07) is 4.26. The molecule has 6 heteroatoms. The van der Waals surface area contributed by atoms with Gasteiger partial charge < -0.3 is 10.1 Å². The van der Waals surface area contributed by atoms with Gasteiger partial charge in [-0.05, 0) is 38.0 Å². The van der Waals surface area contributed by atoms with Gasteiger partial charge in [-0.25, -0.2) is 9.37 Å². The topological polar surface area (TPSA) is 83.0 Å². The highest BCUT2D eigenvalue weighted by Gasteiger charge is 2.12. The molecule has 2 aromatic rings. The highest BCUT2D eigenvalue weighted by atomic mass is 19.1. The maximum absolute atomic E-state index is 13.3. The second-order valence-corrected chi connectivity index (χ2v) is 4.83. The molecule has 0 spiro atoms. The molecule has 1 aromatic carbocycles. The summed E-state index contributed by atoms with van der Waals surface area (Å²) >= 11 is 0. The second-order valence-electron chi connectivity index (χ2n) is 4.83. The number of benzene rings is 1. The van der Waals surface area contributed by atoms with Crippen molar-refractivity contribution in [3.8, 4) is 11.4 Å². The molecule has 0 aliphatic rings. The van der Waals surface area contributed by atoms with E-state index in [-0.39, 0.29) is 24.2 Å². The fourth-order valence-electron chi connectivity index (χ4n) is 2.11. The molecule has 110 valence electrons. The first-order valence-electron chi connectivity index (χ1n) is 6.46. The van der Waals surface area contributed by atoms with Crippen LogP contribution in [0.5, 0.6) is 0 Å². The molecular weight excluding hydrogens is 275 g/mol. The molecule has 0 atom stereocenters. The van der Waals surface area contributed by atoms with Crippen molar-refractivity contribution in [1.29, 1.82) is 0 Å². The van der Waals surface area contributed by atoms with Crippen molar-refractivity contribution in [2.75, 3.05) is 0 Å². The van der Waals surface area contributed by atoms with E-state index in [0.717, 1.165) is 5.56 Å². The number of aliphatic carboxylic acids is 1. The molecular formula is C15H15FN2O3. The number of aryl methyl sites for hydroxylation is 2. The van der Waals surface area contributed by atoms with Gasteiger partial charge >= 0.3 is 5.97 Å². The number of halogens is 1. The molecule has 0 fully saturated rings. The molecule has 0 aliphatic carbocycles. The smallest absolute Gasteiger partial charge is 0.303 e. The number of hydrogen-bond donors (Lipinski definition) is 2. The van der Waals surface area contributed by atoms with Crippen LogP contribution < -0.4 is 5.56 Å². The van der Waals surface area contributed by atoms with Crippen molar-refractivity contribution in [1.82, 2.24) is 9.97 Å². The standard InChI is InChI=1S/C15H15FN2O3/c1-8-3-4-10(16)7-12(8)14-17-9(2)11(15(21)18-14)5-6-13(19)20/h3-4,7H,5-6H2,1-2H3,(H,19,20)(H,17,18,21). The molecule has 0 radical (unpaired) electrons. The van der Waals surface area contributed by atoms with Gasteiger partial charge in [-0.3, -0.25) is 9.59 Å². The summed E-state index contributed by atoms with van der Waals surface area (Å²) in [6.07, 6.45) is -0.0180. The Morgan fingerprint density at radius 2 is 2.10 bits per heavy atom. The SMILES string of the molecule is Cc1ccc(F)cc1-c1nc(C)c(CCC(=O)O)c(=O)[nH]1. The van der Waals surface area contributed by atoms with Crippen molar-refractivity contribution in [2.45, 2.75) is 26.7 Å². The van der Waals surface area contributed by atoms with Gasteiger partial charge in [-0.1, -0.05) is 6.07 Å². The van der Waals surface area contributed by atoms with E-state index < -0.39 is 11.8 Å². The summed E-state index contributed by atoms with van der Waals surface area (Å²) in [4.78, 5) is 29.5. The molecule has 5 nitrogen and oxygen atoms in total. The molecule has 0 amide bonds. The molecule has 2 rings (SSSR count). The van der Waals surface area contributed by atoms with Crippen LogP contribution in [0.2, 0.25) is 0 Å². The number of nitrogens with one attached hydrogen (secondary N) is 1. The Labute approximate surface area is 120 Å². The number of hydrogen-bond acceptors (Lipinski definition) is 3. The van der Waals surface area contributed by atoms with Crippen LogP contribution in [0, 0.1) is 19.7 Å². The van der Waals surface area contributed by atoms with E-state index >= 15 is 0 Å². The van der Waals surface area contributed by atoms with E-state index in [1.165, 1.54) is 12.1 Å². The number of carboxylic acid groups (broad SMARTS) is 1. The average Bonchev–Trinajstić information content (AvgIpc) is 2.40. The van der Waals surface area contributed by atoms with Crippen molar-refractivity contribution >= 4 is 5.97 Å². The van der Waals surface area contributed by atoms with E-state index in [9.17, 15) is 14.0 Å². The van der Waals surface area contributed by atoms with Crippen LogP contribution in [0.25, 0.3) is 11.4 Å². The number of H-pyrrole nitrogens is 1. The van der Waals surface area contributed by atoms with E-state index in [4.69, 9.17) is 5.11 Å². The van der Waals surface area contributed by atoms with E-state index in [1.807, 2.05) is 0 Å². The summed E-state index contributed by atoms with van der Waals surface area (Å²) in [5.41, 5.74) is 1.72. The molecule has 0 saturated carbocycles. The number of carboxylic acids is 1. The fraction of sp³-hybridized carbons (Fsp3) is 0.267. The van der Waals surface area contributed by atoms with Gasteiger partial charge in [0.2, 0.25) is 0 Å². The third-order valence-electron chi connectivity index (χ3n) is 3.27. The Morgan fingerprint density at radius 3 is 2.71 bits per heavy atom. The average molecular weight is 290 g/mol. The van der Waals surface area contributed by atoms with Crippen LogP contribution in [0.3, 0.4) is 0 Å². The Kier molecular flexibility index (Phi) is 4.16. The van der Waals surface area contributed by atoms with Gasteiger partial charge in [-0.15, -0.1) is 0 Å². The first-order chi connectivity index (χ1) is 9.88. The minimum Gasteiger partial charge on any atom is -0.481 e. The maximum Gasteiger partial charge on any atom is 0.303 e. The first-order valence-corrected chi connectivity index (χ1v) is 6.46. The van der Waals surface area contributed by atoms with Crippen LogP contribution >= 0.6 is 0 Å². The number of rotatable bonds is 4. The Balaban J connectivity index is 2.46. The Bertz CT molecular complexity index is 753.